The van der Waals surface area contributed by atoms with Crippen LogP contribution in [-0.2, 0) is 4.79 Å². The highest BCUT2D eigenvalue weighted by molar-refractivity contribution is 7.12. The number of aryl methyl sites for hydroxylation is 1. The van der Waals surface area contributed by atoms with Crippen molar-refractivity contribution < 1.29 is 4.79 Å². The monoisotopic (exact) mass is 306 g/mol. The molecular formula is C17H26N2OS. The first-order valence-electron chi connectivity index (χ1n) is 8.31. The van der Waals surface area contributed by atoms with E-state index in [2.05, 4.69) is 36.2 Å². The van der Waals surface area contributed by atoms with E-state index < -0.39 is 0 Å². The van der Waals surface area contributed by atoms with Gasteiger partial charge in [-0.3, -0.25) is 10.1 Å². The number of amides is 1. The van der Waals surface area contributed by atoms with Crippen LogP contribution in [0, 0.1) is 12.8 Å². The summed E-state index contributed by atoms with van der Waals surface area (Å²) >= 11 is 1.81. The normalized spacial score (nSPS) is 25.5. The molecule has 4 heteroatoms. The van der Waals surface area contributed by atoms with Gasteiger partial charge in [-0.25, -0.2) is 0 Å². The van der Waals surface area contributed by atoms with Gasteiger partial charge >= 0.3 is 0 Å². The molecule has 116 valence electrons. The van der Waals surface area contributed by atoms with Gasteiger partial charge in [0.05, 0.1) is 6.54 Å². The number of carbonyl (C=O) groups is 1. The molecule has 2 unspecified atom stereocenters. The molecule has 1 N–H and O–H groups in total. The van der Waals surface area contributed by atoms with Crippen LogP contribution in [-0.4, -0.2) is 23.4 Å². The van der Waals surface area contributed by atoms with E-state index in [0.717, 1.165) is 6.42 Å². The van der Waals surface area contributed by atoms with Gasteiger partial charge in [-0.15, -0.1) is 11.3 Å². The minimum Gasteiger partial charge on any atom is -0.318 e. The molecule has 2 heterocycles. The summed E-state index contributed by atoms with van der Waals surface area (Å²) in [6.45, 7) is 4.86. The molecule has 0 bridgehead atoms. The number of nitrogens with zero attached hydrogens (tertiary/aromatic N) is 1. The first kappa shape index (κ1) is 15.0. The van der Waals surface area contributed by atoms with Crippen LogP contribution in [0.1, 0.15) is 61.4 Å². The van der Waals surface area contributed by atoms with Crippen LogP contribution in [0.25, 0.3) is 0 Å². The van der Waals surface area contributed by atoms with Crippen molar-refractivity contribution >= 4 is 17.2 Å². The SMILES string of the molecule is CCC(C1CCCCC1)N1C(=O)CNC1c1ccc(C)s1. The molecule has 2 aliphatic rings. The zero-order valence-electron chi connectivity index (χ0n) is 13.1. The van der Waals surface area contributed by atoms with Crippen molar-refractivity contribution in [3.63, 3.8) is 0 Å². The second-order valence-electron chi connectivity index (χ2n) is 6.41. The highest BCUT2D eigenvalue weighted by atomic mass is 32.1. The Morgan fingerprint density at radius 3 is 2.71 bits per heavy atom. The second-order valence-corrected chi connectivity index (χ2v) is 7.73. The molecule has 1 amide bonds. The Labute approximate surface area is 131 Å². The third kappa shape index (κ3) is 3.02. The fourth-order valence-corrected chi connectivity index (χ4v) is 4.96. The number of carbonyl (C=O) groups excluding carboxylic acids is 1. The van der Waals surface area contributed by atoms with Crippen LogP contribution in [0.2, 0.25) is 0 Å². The summed E-state index contributed by atoms with van der Waals surface area (Å²) in [6.07, 6.45) is 7.78. The molecule has 0 radical (unpaired) electrons. The number of thiophene rings is 1. The summed E-state index contributed by atoms with van der Waals surface area (Å²) in [5, 5.41) is 3.43. The van der Waals surface area contributed by atoms with Crippen molar-refractivity contribution in [3.05, 3.63) is 21.9 Å². The minimum absolute atomic E-state index is 0.100. The van der Waals surface area contributed by atoms with Gasteiger partial charge in [0.25, 0.3) is 0 Å². The molecule has 1 aromatic heterocycles. The largest absolute Gasteiger partial charge is 0.318 e. The predicted molar refractivity (Wildman–Crippen MR) is 87.3 cm³/mol. The average Bonchev–Trinajstić information content (AvgIpc) is 3.08. The van der Waals surface area contributed by atoms with E-state index in [1.807, 2.05) is 11.3 Å². The quantitative estimate of drug-likeness (QED) is 0.916. The van der Waals surface area contributed by atoms with Gasteiger partial charge in [-0.05, 0) is 44.2 Å². The maximum Gasteiger partial charge on any atom is 0.238 e. The van der Waals surface area contributed by atoms with E-state index >= 15 is 0 Å². The Morgan fingerprint density at radius 2 is 2.10 bits per heavy atom. The number of hydrogen-bond acceptors (Lipinski definition) is 3. The molecule has 3 rings (SSSR count). The summed E-state index contributed by atoms with van der Waals surface area (Å²) in [5.41, 5.74) is 0. The van der Waals surface area contributed by atoms with Crippen LogP contribution in [0.15, 0.2) is 12.1 Å². The summed E-state index contributed by atoms with van der Waals surface area (Å²) < 4.78 is 0. The second kappa shape index (κ2) is 6.49. The highest BCUT2D eigenvalue weighted by Gasteiger charge is 2.39. The van der Waals surface area contributed by atoms with Crippen LogP contribution >= 0.6 is 11.3 Å². The summed E-state index contributed by atoms with van der Waals surface area (Å²) in [6, 6.07) is 4.74. The zero-order valence-corrected chi connectivity index (χ0v) is 13.9. The molecule has 2 atom stereocenters. The molecule has 1 aromatic rings. The fourth-order valence-electron chi connectivity index (χ4n) is 4.01. The van der Waals surface area contributed by atoms with Crippen molar-refractivity contribution in [1.29, 1.82) is 0 Å². The lowest BCUT2D eigenvalue weighted by Gasteiger charge is -2.38. The van der Waals surface area contributed by atoms with Gasteiger partial charge in [0.2, 0.25) is 5.91 Å². The lowest BCUT2D eigenvalue weighted by atomic mass is 9.82. The average molecular weight is 306 g/mol. The fraction of sp³-hybridized carbons (Fsp3) is 0.706. The van der Waals surface area contributed by atoms with E-state index in [-0.39, 0.29) is 12.1 Å². The van der Waals surface area contributed by atoms with Gasteiger partial charge in [0.1, 0.15) is 6.17 Å². The third-order valence-corrected chi connectivity index (χ3v) is 6.07. The van der Waals surface area contributed by atoms with Crippen LogP contribution < -0.4 is 5.32 Å². The standard InChI is InChI=1S/C17H26N2OS/c1-3-14(13-7-5-4-6-8-13)19-16(20)11-18-17(19)15-10-9-12(2)21-15/h9-10,13-14,17-18H,3-8,11H2,1-2H3. The van der Waals surface area contributed by atoms with E-state index in [9.17, 15) is 4.79 Å². The molecule has 1 aliphatic heterocycles. The van der Waals surface area contributed by atoms with Crippen molar-refractivity contribution in [2.45, 2.75) is 64.6 Å². The molecule has 1 aliphatic carbocycles. The first-order chi connectivity index (χ1) is 10.2. The third-order valence-electron chi connectivity index (χ3n) is 5.01. The van der Waals surface area contributed by atoms with Crippen molar-refractivity contribution in [2.75, 3.05) is 6.54 Å². The lowest BCUT2D eigenvalue weighted by molar-refractivity contribution is -0.132. The topological polar surface area (TPSA) is 32.3 Å². The number of nitrogens with one attached hydrogen (secondary N) is 1. The Bertz CT molecular complexity index is 493. The van der Waals surface area contributed by atoms with Crippen LogP contribution in [0.3, 0.4) is 0 Å². The van der Waals surface area contributed by atoms with Gasteiger partial charge in [-0.1, -0.05) is 26.2 Å². The number of hydrogen-bond donors (Lipinski definition) is 1. The van der Waals surface area contributed by atoms with Gasteiger partial charge < -0.3 is 4.90 Å². The van der Waals surface area contributed by atoms with Crippen molar-refractivity contribution in [1.82, 2.24) is 10.2 Å². The Morgan fingerprint density at radius 1 is 1.33 bits per heavy atom. The van der Waals surface area contributed by atoms with Gasteiger partial charge in [-0.2, -0.15) is 0 Å². The summed E-state index contributed by atoms with van der Waals surface area (Å²) in [5.74, 6) is 0.972. The van der Waals surface area contributed by atoms with E-state index in [1.165, 1.54) is 41.9 Å². The highest BCUT2D eigenvalue weighted by Crippen LogP contribution is 2.37. The van der Waals surface area contributed by atoms with Crippen LogP contribution in [0.4, 0.5) is 0 Å². The smallest absolute Gasteiger partial charge is 0.238 e. The van der Waals surface area contributed by atoms with Gasteiger partial charge in [0, 0.05) is 15.8 Å². The maximum absolute atomic E-state index is 12.5. The molecular weight excluding hydrogens is 280 g/mol. The summed E-state index contributed by atoms with van der Waals surface area (Å²) in [7, 11) is 0. The summed E-state index contributed by atoms with van der Waals surface area (Å²) in [4.78, 5) is 17.2. The Balaban J connectivity index is 1.83. The van der Waals surface area contributed by atoms with Gasteiger partial charge in [0.15, 0.2) is 0 Å². The Hall–Kier alpha value is -0.870. The van der Waals surface area contributed by atoms with E-state index in [1.54, 1.807) is 0 Å². The zero-order chi connectivity index (χ0) is 14.8. The molecule has 1 saturated carbocycles. The maximum atomic E-state index is 12.5. The van der Waals surface area contributed by atoms with E-state index in [4.69, 9.17) is 0 Å². The van der Waals surface area contributed by atoms with Crippen LogP contribution in [0.5, 0.6) is 0 Å². The minimum atomic E-state index is 0.100. The molecule has 0 aromatic carbocycles. The van der Waals surface area contributed by atoms with Crippen molar-refractivity contribution in [3.8, 4) is 0 Å². The van der Waals surface area contributed by atoms with Crippen molar-refractivity contribution in [2.24, 2.45) is 5.92 Å². The Kier molecular flexibility index (Phi) is 4.65. The molecule has 2 fully saturated rings. The number of rotatable bonds is 4. The first-order valence-corrected chi connectivity index (χ1v) is 9.13. The molecule has 1 saturated heterocycles. The molecule has 21 heavy (non-hydrogen) atoms. The van der Waals surface area contributed by atoms with E-state index in [0.29, 0.717) is 18.5 Å². The molecule has 3 nitrogen and oxygen atoms in total. The predicted octanol–water partition coefficient (Wildman–Crippen LogP) is 3.85. The molecule has 0 spiro atoms. The lowest BCUT2D eigenvalue weighted by Crippen LogP contribution is -2.44.